The minimum Gasteiger partial charge on any atom is -0.381 e. The molecule has 0 bridgehead atoms. The molecule has 1 unspecified atom stereocenters. The molecule has 21 heavy (non-hydrogen) atoms. The lowest BCUT2D eigenvalue weighted by Gasteiger charge is -2.39. The lowest BCUT2D eigenvalue weighted by Crippen LogP contribution is -2.49. The molecule has 0 aliphatic carbocycles. The highest BCUT2D eigenvalue weighted by Crippen LogP contribution is 2.29. The van der Waals surface area contributed by atoms with Crippen LogP contribution in [-0.4, -0.2) is 31.9 Å². The van der Waals surface area contributed by atoms with Gasteiger partial charge in [0.25, 0.3) is 0 Å². The molecule has 0 radical (unpaired) electrons. The molecule has 1 heterocycles. The normalized spacial score (nSPS) is 23.2. The summed E-state index contributed by atoms with van der Waals surface area (Å²) in [6.45, 7) is 10.7. The van der Waals surface area contributed by atoms with E-state index >= 15 is 0 Å². The second-order valence-electron chi connectivity index (χ2n) is 7.24. The number of hydrogen-bond acceptors (Lipinski definition) is 3. The molecule has 118 valence electrons. The second-order valence-corrected chi connectivity index (χ2v) is 7.24. The summed E-state index contributed by atoms with van der Waals surface area (Å²) in [5, 5.41) is 3.62. The van der Waals surface area contributed by atoms with Gasteiger partial charge >= 0.3 is 0 Å². The van der Waals surface area contributed by atoms with Crippen molar-refractivity contribution >= 4 is 0 Å². The average molecular weight is 291 g/mol. The van der Waals surface area contributed by atoms with E-state index in [2.05, 4.69) is 50.4 Å². The van der Waals surface area contributed by atoms with Crippen LogP contribution in [-0.2, 0) is 16.1 Å². The summed E-state index contributed by atoms with van der Waals surface area (Å²) in [5.74, 6) is 0. The lowest BCUT2D eigenvalue weighted by atomic mass is 9.82. The maximum absolute atomic E-state index is 6.01. The summed E-state index contributed by atoms with van der Waals surface area (Å²) in [5.41, 5.74) is 1.47. The molecule has 1 fully saturated rings. The highest BCUT2D eigenvalue weighted by molar-refractivity contribution is 5.13. The third kappa shape index (κ3) is 5.77. The van der Waals surface area contributed by atoms with Gasteiger partial charge in [-0.05, 0) is 39.2 Å². The van der Waals surface area contributed by atoms with E-state index in [1.54, 1.807) is 0 Å². The lowest BCUT2D eigenvalue weighted by molar-refractivity contribution is -0.0639. The zero-order valence-electron chi connectivity index (χ0n) is 13.7. The molecule has 1 aromatic rings. The zero-order valence-corrected chi connectivity index (χ0v) is 13.7. The van der Waals surface area contributed by atoms with Crippen LogP contribution in [0.25, 0.3) is 0 Å². The van der Waals surface area contributed by atoms with Gasteiger partial charge in [0.05, 0.1) is 19.8 Å². The Bertz CT molecular complexity index is 405. The summed E-state index contributed by atoms with van der Waals surface area (Å²) in [7, 11) is 0. The third-order valence-corrected chi connectivity index (χ3v) is 3.92. The monoisotopic (exact) mass is 291 g/mol. The predicted octanol–water partition coefficient (Wildman–Crippen LogP) is 3.39. The molecule has 1 saturated heterocycles. The minimum absolute atomic E-state index is 0.111. The van der Waals surface area contributed by atoms with Crippen molar-refractivity contribution in [3.8, 4) is 0 Å². The third-order valence-electron chi connectivity index (χ3n) is 3.92. The Hall–Kier alpha value is -0.900. The molecule has 0 aromatic heterocycles. The van der Waals surface area contributed by atoms with Crippen molar-refractivity contribution in [3.05, 3.63) is 35.9 Å². The Morgan fingerprint density at radius 1 is 1.24 bits per heavy atom. The molecule has 1 aromatic carbocycles. The van der Waals surface area contributed by atoms with Gasteiger partial charge in [0.2, 0.25) is 0 Å². The van der Waals surface area contributed by atoms with Crippen molar-refractivity contribution in [3.63, 3.8) is 0 Å². The molecule has 3 nitrogen and oxygen atoms in total. The Morgan fingerprint density at radius 2 is 2.00 bits per heavy atom. The first-order chi connectivity index (χ1) is 9.99. The van der Waals surface area contributed by atoms with Gasteiger partial charge < -0.3 is 14.8 Å². The average Bonchev–Trinajstić information content (AvgIpc) is 2.47. The zero-order chi connectivity index (χ0) is 15.2. The van der Waals surface area contributed by atoms with E-state index in [4.69, 9.17) is 9.47 Å². The summed E-state index contributed by atoms with van der Waals surface area (Å²) in [6, 6.07) is 10.4. The van der Waals surface area contributed by atoms with Crippen molar-refractivity contribution in [1.29, 1.82) is 0 Å². The first-order valence-electron chi connectivity index (χ1n) is 7.94. The number of benzene rings is 1. The molecule has 0 spiro atoms. The Morgan fingerprint density at radius 3 is 2.62 bits per heavy atom. The Labute approximate surface area is 129 Å². The molecule has 2 rings (SSSR count). The topological polar surface area (TPSA) is 30.5 Å². The largest absolute Gasteiger partial charge is 0.381 e. The van der Waals surface area contributed by atoms with Crippen molar-refractivity contribution in [1.82, 2.24) is 5.32 Å². The van der Waals surface area contributed by atoms with Gasteiger partial charge in [-0.1, -0.05) is 30.3 Å². The van der Waals surface area contributed by atoms with Gasteiger partial charge in [-0.3, -0.25) is 0 Å². The van der Waals surface area contributed by atoms with Gasteiger partial charge in [-0.15, -0.1) is 0 Å². The van der Waals surface area contributed by atoms with E-state index < -0.39 is 0 Å². The van der Waals surface area contributed by atoms with Crippen molar-refractivity contribution in [2.75, 3.05) is 26.4 Å². The molecule has 1 aliphatic heterocycles. The Balaban J connectivity index is 1.87. The van der Waals surface area contributed by atoms with Gasteiger partial charge in [0.15, 0.2) is 0 Å². The van der Waals surface area contributed by atoms with Crippen LogP contribution in [0.5, 0.6) is 0 Å². The SMILES string of the molecule is CC(C)(C)NCC1(COCc2ccccc2)CCCOC1. The summed E-state index contributed by atoms with van der Waals surface area (Å²) in [6.07, 6.45) is 2.30. The van der Waals surface area contributed by atoms with Crippen LogP contribution in [0.15, 0.2) is 30.3 Å². The molecule has 1 N–H and O–H groups in total. The van der Waals surface area contributed by atoms with Crippen molar-refractivity contribution < 1.29 is 9.47 Å². The summed E-state index contributed by atoms with van der Waals surface area (Å²) < 4.78 is 11.7. The first kappa shape index (κ1) is 16.5. The standard InChI is InChI=1S/C18H29NO2/c1-17(2,3)19-13-18(10-7-11-20-14-18)15-21-12-16-8-5-4-6-9-16/h4-6,8-9,19H,7,10-15H2,1-3H3. The van der Waals surface area contributed by atoms with Crippen LogP contribution in [0.2, 0.25) is 0 Å². The maximum Gasteiger partial charge on any atom is 0.0717 e. The van der Waals surface area contributed by atoms with E-state index in [1.807, 2.05) is 6.07 Å². The highest BCUT2D eigenvalue weighted by Gasteiger charge is 2.34. The van der Waals surface area contributed by atoms with Crippen molar-refractivity contribution in [2.24, 2.45) is 5.41 Å². The van der Waals surface area contributed by atoms with Gasteiger partial charge in [0.1, 0.15) is 0 Å². The van der Waals surface area contributed by atoms with Gasteiger partial charge in [-0.25, -0.2) is 0 Å². The molecule has 0 amide bonds. The van der Waals surface area contributed by atoms with E-state index in [0.29, 0.717) is 6.61 Å². The second kappa shape index (κ2) is 7.39. The molecule has 3 heteroatoms. The summed E-state index contributed by atoms with van der Waals surface area (Å²) in [4.78, 5) is 0. The van der Waals surface area contributed by atoms with E-state index in [0.717, 1.165) is 32.8 Å². The highest BCUT2D eigenvalue weighted by atomic mass is 16.5. The maximum atomic E-state index is 6.01. The fourth-order valence-corrected chi connectivity index (χ4v) is 2.63. The summed E-state index contributed by atoms with van der Waals surface area (Å²) >= 11 is 0. The van der Waals surface area contributed by atoms with Gasteiger partial charge in [-0.2, -0.15) is 0 Å². The van der Waals surface area contributed by atoms with Crippen LogP contribution in [0.1, 0.15) is 39.2 Å². The van der Waals surface area contributed by atoms with Gasteiger partial charge in [0, 0.05) is 24.1 Å². The molecule has 0 saturated carbocycles. The smallest absolute Gasteiger partial charge is 0.0717 e. The molecular formula is C18H29NO2. The van der Waals surface area contributed by atoms with Crippen molar-refractivity contribution in [2.45, 2.75) is 45.8 Å². The number of rotatable bonds is 6. The minimum atomic E-state index is 0.111. The fourth-order valence-electron chi connectivity index (χ4n) is 2.63. The van der Waals surface area contributed by atoms with Crippen LogP contribution in [0.4, 0.5) is 0 Å². The van der Waals surface area contributed by atoms with Crippen LogP contribution in [0, 0.1) is 5.41 Å². The molecule has 1 aliphatic rings. The number of nitrogens with one attached hydrogen (secondary N) is 1. The fraction of sp³-hybridized carbons (Fsp3) is 0.667. The van der Waals surface area contributed by atoms with E-state index in [-0.39, 0.29) is 11.0 Å². The molecular weight excluding hydrogens is 262 g/mol. The quantitative estimate of drug-likeness (QED) is 0.871. The van der Waals surface area contributed by atoms with E-state index in [1.165, 1.54) is 12.0 Å². The van der Waals surface area contributed by atoms with Crippen LogP contribution in [0.3, 0.4) is 0 Å². The first-order valence-corrected chi connectivity index (χ1v) is 7.94. The predicted molar refractivity (Wildman–Crippen MR) is 86.3 cm³/mol. The van der Waals surface area contributed by atoms with Crippen LogP contribution < -0.4 is 5.32 Å². The Kier molecular flexibility index (Phi) is 5.80. The van der Waals surface area contributed by atoms with Crippen LogP contribution >= 0.6 is 0 Å². The molecule has 1 atom stereocenters. The number of ether oxygens (including phenoxy) is 2. The van der Waals surface area contributed by atoms with E-state index in [9.17, 15) is 0 Å². The number of hydrogen-bond donors (Lipinski definition) is 1.